The summed E-state index contributed by atoms with van der Waals surface area (Å²) in [4.78, 5) is 37.2. The van der Waals surface area contributed by atoms with Gasteiger partial charge in [0.2, 0.25) is 12.4 Å². The third-order valence-corrected chi connectivity index (χ3v) is 5.53. The smallest absolute Gasteiger partial charge is 0.308 e. The molecule has 0 unspecified atom stereocenters. The lowest BCUT2D eigenvalue weighted by Gasteiger charge is -2.42. The average Bonchev–Trinajstić information content (AvgIpc) is 2.78. The molecule has 5 atom stereocenters. The predicted molar refractivity (Wildman–Crippen MR) is 120 cm³/mol. The summed E-state index contributed by atoms with van der Waals surface area (Å²) in [6.45, 7) is 5.43. The summed E-state index contributed by atoms with van der Waals surface area (Å²) in [6.07, 6.45) is 0.948. The lowest BCUT2D eigenvalue weighted by atomic mass is 9.98. The minimum Gasteiger partial charge on any atom is -0.455 e. The largest absolute Gasteiger partial charge is 0.455 e. The molecule has 0 amide bonds. The van der Waals surface area contributed by atoms with Crippen LogP contribution < -0.4 is 0 Å². The molecule has 0 aromatic rings. The second kappa shape index (κ2) is 16.8. The number of carbonyl (C=O) groups excluding carboxylic acids is 3. The normalized spacial score (nSPS) is 24.8. The van der Waals surface area contributed by atoms with Gasteiger partial charge in [0, 0.05) is 19.3 Å². The zero-order valence-electron chi connectivity index (χ0n) is 20.3. The molecule has 2 N–H and O–H groups in total. The zero-order valence-corrected chi connectivity index (χ0v) is 20.3. The first-order valence-corrected chi connectivity index (χ1v) is 12.4. The molecule has 9 nitrogen and oxygen atoms in total. The molecule has 0 bridgehead atoms. The van der Waals surface area contributed by atoms with E-state index in [1.807, 2.05) is 20.8 Å². The van der Waals surface area contributed by atoms with Crippen molar-refractivity contribution in [1.82, 2.24) is 0 Å². The minimum atomic E-state index is -1.45. The first-order chi connectivity index (χ1) is 15.9. The van der Waals surface area contributed by atoms with Crippen molar-refractivity contribution in [2.24, 2.45) is 0 Å². The zero-order chi connectivity index (χ0) is 24.6. The number of aliphatic hydroxyl groups excluding tert-OH is 2. The average molecular weight is 475 g/mol. The van der Waals surface area contributed by atoms with E-state index in [0.29, 0.717) is 19.3 Å². The Kier molecular flexibility index (Phi) is 15.0. The van der Waals surface area contributed by atoms with Crippen LogP contribution in [0.25, 0.3) is 0 Å². The molecule has 1 aliphatic rings. The highest BCUT2D eigenvalue weighted by atomic mass is 16.7. The molecule has 1 aliphatic heterocycles. The van der Waals surface area contributed by atoms with Crippen LogP contribution in [0.5, 0.6) is 0 Å². The molecular formula is C24H42O9. The Labute approximate surface area is 197 Å². The fourth-order valence-corrected chi connectivity index (χ4v) is 3.56. The van der Waals surface area contributed by atoms with Crippen LogP contribution in [0.3, 0.4) is 0 Å². The number of unbranched alkanes of at least 4 members (excludes halogenated alkanes) is 6. The van der Waals surface area contributed by atoms with Gasteiger partial charge in [-0.3, -0.25) is 14.4 Å². The van der Waals surface area contributed by atoms with Gasteiger partial charge in [-0.25, -0.2) is 0 Å². The highest BCUT2D eigenvalue weighted by Gasteiger charge is 2.51. The third-order valence-electron chi connectivity index (χ3n) is 5.53. The summed E-state index contributed by atoms with van der Waals surface area (Å²) >= 11 is 0. The van der Waals surface area contributed by atoms with E-state index >= 15 is 0 Å². The van der Waals surface area contributed by atoms with E-state index in [0.717, 1.165) is 38.5 Å². The number of aliphatic hydroxyl groups is 2. The van der Waals surface area contributed by atoms with Gasteiger partial charge in [0.1, 0.15) is 12.2 Å². The van der Waals surface area contributed by atoms with Crippen LogP contribution in [0.2, 0.25) is 0 Å². The SMILES string of the molecule is CCCCCC(=O)O[C@H]1O[C@H](CO)[C@@H](O)[C@H](OC(=O)CCCCC)[C@H]1OC(=O)CCCCC. The Bertz CT molecular complexity index is 580. The molecule has 1 fully saturated rings. The number of hydrogen-bond donors (Lipinski definition) is 2. The first-order valence-electron chi connectivity index (χ1n) is 12.4. The molecule has 192 valence electrons. The van der Waals surface area contributed by atoms with Gasteiger partial charge in [0.05, 0.1) is 6.61 Å². The summed E-state index contributed by atoms with van der Waals surface area (Å²) in [5.41, 5.74) is 0. The van der Waals surface area contributed by atoms with E-state index in [4.69, 9.17) is 18.9 Å². The molecule has 0 radical (unpaired) electrons. The van der Waals surface area contributed by atoms with Gasteiger partial charge in [-0.15, -0.1) is 0 Å². The van der Waals surface area contributed by atoms with Crippen molar-refractivity contribution in [3.05, 3.63) is 0 Å². The van der Waals surface area contributed by atoms with Gasteiger partial charge in [-0.1, -0.05) is 59.3 Å². The molecule has 0 aromatic heterocycles. The maximum atomic E-state index is 12.4. The van der Waals surface area contributed by atoms with E-state index in [-0.39, 0.29) is 19.3 Å². The Morgan fingerprint density at radius 3 is 1.55 bits per heavy atom. The molecule has 0 aromatic carbocycles. The molecule has 1 rings (SSSR count). The summed E-state index contributed by atoms with van der Waals surface area (Å²) in [5.74, 6) is -1.68. The standard InChI is InChI=1S/C24H42O9/c1-4-7-10-13-18(26)31-22-21(29)17(16-25)30-24(33-20(28)15-12-9-6-3)23(22)32-19(27)14-11-8-5-2/h17,21-25,29H,4-16H2,1-3H3/t17-,21-,22+,23-,24-/m1/s1. The lowest BCUT2D eigenvalue weighted by molar-refractivity contribution is -0.298. The van der Waals surface area contributed by atoms with Gasteiger partial charge in [0.25, 0.3) is 0 Å². The van der Waals surface area contributed by atoms with Crippen molar-refractivity contribution in [1.29, 1.82) is 0 Å². The number of hydrogen-bond acceptors (Lipinski definition) is 9. The minimum absolute atomic E-state index is 0.137. The van der Waals surface area contributed by atoms with Crippen molar-refractivity contribution in [2.75, 3.05) is 6.61 Å². The second-order valence-corrected chi connectivity index (χ2v) is 8.49. The van der Waals surface area contributed by atoms with Crippen LogP contribution in [-0.4, -0.2) is 65.4 Å². The molecule has 33 heavy (non-hydrogen) atoms. The lowest BCUT2D eigenvalue weighted by Crippen LogP contribution is -2.62. The predicted octanol–water partition coefficient (Wildman–Crippen LogP) is 3.17. The van der Waals surface area contributed by atoms with Gasteiger partial charge in [-0.2, -0.15) is 0 Å². The van der Waals surface area contributed by atoms with Gasteiger partial charge < -0.3 is 29.2 Å². The van der Waals surface area contributed by atoms with Crippen molar-refractivity contribution < 1.29 is 43.5 Å². The van der Waals surface area contributed by atoms with Crippen LogP contribution in [0.1, 0.15) is 97.8 Å². The van der Waals surface area contributed by atoms with Gasteiger partial charge in [-0.05, 0) is 19.3 Å². The molecule has 0 aliphatic carbocycles. The Balaban J connectivity index is 3.00. The number of ether oxygens (including phenoxy) is 4. The second-order valence-electron chi connectivity index (χ2n) is 8.49. The number of carbonyl (C=O) groups is 3. The molecule has 0 saturated carbocycles. The van der Waals surface area contributed by atoms with E-state index in [2.05, 4.69) is 0 Å². The van der Waals surface area contributed by atoms with Gasteiger partial charge >= 0.3 is 17.9 Å². The fourth-order valence-electron chi connectivity index (χ4n) is 3.56. The maximum absolute atomic E-state index is 12.4. The van der Waals surface area contributed by atoms with Crippen LogP contribution in [-0.2, 0) is 33.3 Å². The van der Waals surface area contributed by atoms with E-state index in [9.17, 15) is 24.6 Å². The molecule has 1 saturated heterocycles. The van der Waals surface area contributed by atoms with Crippen molar-refractivity contribution in [2.45, 2.75) is 129 Å². The Morgan fingerprint density at radius 2 is 1.12 bits per heavy atom. The molecule has 9 heteroatoms. The summed E-state index contributed by atoms with van der Waals surface area (Å²) < 4.78 is 22.0. The summed E-state index contributed by atoms with van der Waals surface area (Å²) in [6, 6.07) is 0. The number of esters is 3. The highest BCUT2D eigenvalue weighted by molar-refractivity contribution is 5.71. The third kappa shape index (κ3) is 10.8. The number of rotatable bonds is 16. The van der Waals surface area contributed by atoms with Crippen LogP contribution >= 0.6 is 0 Å². The van der Waals surface area contributed by atoms with Crippen LogP contribution in [0.4, 0.5) is 0 Å². The van der Waals surface area contributed by atoms with E-state index in [1.54, 1.807) is 0 Å². The summed E-state index contributed by atoms with van der Waals surface area (Å²) in [5, 5.41) is 20.3. The monoisotopic (exact) mass is 474 g/mol. The van der Waals surface area contributed by atoms with Crippen molar-refractivity contribution >= 4 is 17.9 Å². The fraction of sp³-hybridized carbons (Fsp3) is 0.875. The Hall–Kier alpha value is -1.71. The first kappa shape index (κ1) is 29.3. The maximum Gasteiger partial charge on any atom is 0.308 e. The molecule has 1 heterocycles. The molecular weight excluding hydrogens is 432 g/mol. The van der Waals surface area contributed by atoms with Crippen molar-refractivity contribution in [3.63, 3.8) is 0 Å². The van der Waals surface area contributed by atoms with Crippen molar-refractivity contribution in [3.8, 4) is 0 Å². The van der Waals surface area contributed by atoms with Crippen LogP contribution in [0, 0.1) is 0 Å². The quantitative estimate of drug-likeness (QED) is 0.197. The van der Waals surface area contributed by atoms with E-state index in [1.165, 1.54) is 0 Å². The Morgan fingerprint density at radius 1 is 0.697 bits per heavy atom. The summed E-state index contributed by atoms with van der Waals surface area (Å²) in [7, 11) is 0. The topological polar surface area (TPSA) is 129 Å². The van der Waals surface area contributed by atoms with E-state index < -0.39 is 55.2 Å². The van der Waals surface area contributed by atoms with Crippen LogP contribution in [0.15, 0.2) is 0 Å². The highest BCUT2D eigenvalue weighted by Crippen LogP contribution is 2.28. The molecule has 0 spiro atoms. The van der Waals surface area contributed by atoms with Gasteiger partial charge in [0.15, 0.2) is 6.10 Å².